The Labute approximate surface area is 392 Å². The maximum Gasteiger partial charge on any atom is 0.143 e. The normalized spacial score (nSPS) is 13.0. The lowest BCUT2D eigenvalue weighted by atomic mass is 9.82. The van der Waals surface area contributed by atoms with Gasteiger partial charge in [0.25, 0.3) is 0 Å². The molecule has 10 aromatic carbocycles. The minimum atomic E-state index is -0.146. The second-order valence-electron chi connectivity index (χ2n) is 18.4. The third kappa shape index (κ3) is 5.63. The Kier molecular flexibility index (Phi) is 8.20. The minimum absolute atomic E-state index is 0.146. The van der Waals surface area contributed by atoms with E-state index in [9.17, 15) is 0 Å². The van der Waals surface area contributed by atoms with Crippen LogP contribution in [0.25, 0.3) is 103 Å². The molecule has 1 aliphatic rings. The van der Waals surface area contributed by atoms with Crippen LogP contribution in [0.5, 0.6) is 0 Å². The molecule has 3 heterocycles. The highest BCUT2D eigenvalue weighted by molar-refractivity contribution is 7.26. The van der Waals surface area contributed by atoms with E-state index in [1.165, 1.54) is 86.7 Å². The summed E-state index contributed by atoms with van der Waals surface area (Å²) in [7, 11) is 0. The molecule has 316 valence electrons. The van der Waals surface area contributed by atoms with E-state index >= 15 is 0 Å². The number of fused-ring (bicyclic) bond motifs is 12. The second-order valence-corrected chi connectivity index (χ2v) is 19.5. The van der Waals surface area contributed by atoms with Crippen molar-refractivity contribution in [2.24, 2.45) is 0 Å². The summed E-state index contributed by atoms with van der Waals surface area (Å²) in [5.74, 6) is 0. The van der Waals surface area contributed by atoms with Gasteiger partial charge in [-0.3, -0.25) is 0 Å². The topological polar surface area (TPSA) is 21.3 Å². The quantitative estimate of drug-likeness (QED) is 0.166. The van der Waals surface area contributed by atoms with Crippen molar-refractivity contribution < 1.29 is 4.42 Å². The van der Waals surface area contributed by atoms with Crippen molar-refractivity contribution in [1.29, 1.82) is 0 Å². The Morgan fingerprint density at radius 2 is 1.09 bits per heavy atom. The number of aromatic nitrogens is 1. The number of rotatable bonds is 6. The molecule has 0 saturated heterocycles. The van der Waals surface area contributed by atoms with Gasteiger partial charge in [-0.15, -0.1) is 11.3 Å². The first kappa shape index (κ1) is 38.1. The summed E-state index contributed by atoms with van der Waals surface area (Å²) in [6, 6.07) is 80.1. The third-order valence-electron chi connectivity index (χ3n) is 14.4. The van der Waals surface area contributed by atoms with Crippen molar-refractivity contribution in [2.45, 2.75) is 19.3 Å². The van der Waals surface area contributed by atoms with Crippen LogP contribution in [0, 0.1) is 0 Å². The SMILES string of the molecule is CC1(C)c2ccccc2-c2c(N(c3ccc(-c4cccc5c4oc4ccccc45)cc3)c3cccc4sc5ccc(-c6ccc7c(c6)c6ccccc6n7-c6ccccc6)cc5c34)cccc21. The van der Waals surface area contributed by atoms with Crippen molar-refractivity contribution >= 4 is 92.3 Å². The van der Waals surface area contributed by atoms with E-state index in [-0.39, 0.29) is 5.41 Å². The lowest BCUT2D eigenvalue weighted by Crippen LogP contribution is -2.16. The molecule has 14 rings (SSSR count). The smallest absolute Gasteiger partial charge is 0.143 e. The lowest BCUT2D eigenvalue weighted by Gasteiger charge is -2.29. The summed E-state index contributed by atoms with van der Waals surface area (Å²) in [5.41, 5.74) is 18.6. The number of nitrogens with zero attached hydrogens (tertiary/aromatic N) is 2. The van der Waals surface area contributed by atoms with Gasteiger partial charge in [0, 0.05) is 69.6 Å². The zero-order chi connectivity index (χ0) is 44.4. The first-order chi connectivity index (χ1) is 33.0. The first-order valence-electron chi connectivity index (χ1n) is 23.1. The standard InChI is InChI=1S/C63H42N2OS/c1-63(2)51-22-9-6-19-48(51)60-52(63)23-13-25-55(60)65(43-33-29-39(30-34-43)44-20-12-21-47-46-18-8-11-27-57(46)66-62(44)47)56-26-14-28-59-61(56)50-38-41(32-36-58(50)67-59)40-31-35-54-49(37-40)45-17-7-10-24-53(45)64(54)42-15-4-3-5-16-42/h3-38H,1-2H3. The fourth-order valence-electron chi connectivity index (χ4n) is 11.3. The van der Waals surface area contributed by atoms with Crippen molar-refractivity contribution in [3.63, 3.8) is 0 Å². The highest BCUT2D eigenvalue weighted by Crippen LogP contribution is 2.55. The number of para-hydroxylation sites is 4. The van der Waals surface area contributed by atoms with E-state index in [1.54, 1.807) is 0 Å². The predicted molar refractivity (Wildman–Crippen MR) is 284 cm³/mol. The van der Waals surface area contributed by atoms with Crippen molar-refractivity contribution in [1.82, 2.24) is 4.57 Å². The van der Waals surface area contributed by atoms with Gasteiger partial charge >= 0.3 is 0 Å². The highest BCUT2D eigenvalue weighted by atomic mass is 32.1. The number of hydrogen-bond acceptors (Lipinski definition) is 3. The Bertz CT molecular complexity index is 4130. The van der Waals surface area contributed by atoms with Gasteiger partial charge in [0.2, 0.25) is 0 Å². The van der Waals surface area contributed by atoms with Gasteiger partial charge in [0.1, 0.15) is 11.2 Å². The van der Waals surface area contributed by atoms with Crippen LogP contribution in [-0.4, -0.2) is 4.57 Å². The van der Waals surface area contributed by atoms with Crippen molar-refractivity contribution in [2.75, 3.05) is 4.90 Å². The summed E-state index contributed by atoms with van der Waals surface area (Å²) in [5, 5.41) is 7.29. The number of thiophene rings is 1. The summed E-state index contributed by atoms with van der Waals surface area (Å²) in [6.45, 7) is 4.73. The zero-order valence-electron chi connectivity index (χ0n) is 37.0. The molecule has 3 nitrogen and oxygen atoms in total. The average Bonchev–Trinajstić information content (AvgIpc) is 4.11. The van der Waals surface area contributed by atoms with Crippen LogP contribution < -0.4 is 4.90 Å². The van der Waals surface area contributed by atoms with Crippen molar-refractivity contribution in [3.8, 4) is 39.1 Å². The van der Waals surface area contributed by atoms with Crippen LogP contribution in [0.3, 0.4) is 0 Å². The van der Waals surface area contributed by atoms with Crippen LogP contribution in [-0.2, 0) is 5.41 Å². The van der Waals surface area contributed by atoms with Gasteiger partial charge in [-0.2, -0.15) is 0 Å². The number of anilines is 3. The van der Waals surface area contributed by atoms with Gasteiger partial charge in [-0.1, -0.05) is 153 Å². The van der Waals surface area contributed by atoms with Crippen LogP contribution >= 0.6 is 11.3 Å². The Morgan fingerprint density at radius 1 is 0.448 bits per heavy atom. The first-order valence-corrected chi connectivity index (χ1v) is 23.9. The summed E-state index contributed by atoms with van der Waals surface area (Å²) in [6.07, 6.45) is 0. The van der Waals surface area contributed by atoms with Crippen LogP contribution in [0.4, 0.5) is 17.1 Å². The number of furan rings is 1. The molecule has 0 bridgehead atoms. The fourth-order valence-corrected chi connectivity index (χ4v) is 12.4. The van der Waals surface area contributed by atoms with Crippen molar-refractivity contribution in [3.05, 3.63) is 230 Å². The molecule has 0 aliphatic heterocycles. The van der Waals surface area contributed by atoms with Crippen LogP contribution in [0.1, 0.15) is 25.0 Å². The molecule has 13 aromatic rings. The van der Waals surface area contributed by atoms with E-state index < -0.39 is 0 Å². The summed E-state index contributed by atoms with van der Waals surface area (Å²) in [4.78, 5) is 2.52. The van der Waals surface area contributed by atoms with E-state index in [4.69, 9.17) is 4.42 Å². The highest BCUT2D eigenvalue weighted by Gasteiger charge is 2.38. The molecule has 0 saturated carbocycles. The molecule has 0 amide bonds. The summed E-state index contributed by atoms with van der Waals surface area (Å²) >= 11 is 1.87. The van der Waals surface area contributed by atoms with E-state index in [0.29, 0.717) is 0 Å². The van der Waals surface area contributed by atoms with Crippen LogP contribution in [0.15, 0.2) is 223 Å². The second kappa shape index (κ2) is 14.4. The molecular formula is C63H42N2OS. The molecule has 0 fully saturated rings. The Balaban J connectivity index is 0.970. The average molecular weight is 875 g/mol. The van der Waals surface area contributed by atoms with Gasteiger partial charge < -0.3 is 13.9 Å². The minimum Gasteiger partial charge on any atom is -0.455 e. The molecule has 3 aromatic heterocycles. The Hall–Kier alpha value is -8.18. The predicted octanol–water partition coefficient (Wildman–Crippen LogP) is 18.2. The fraction of sp³-hybridized carbons (Fsp3) is 0.0476. The molecule has 1 aliphatic carbocycles. The molecule has 4 heteroatoms. The van der Waals surface area contributed by atoms with E-state index in [0.717, 1.165) is 44.4 Å². The monoisotopic (exact) mass is 874 g/mol. The maximum atomic E-state index is 6.53. The molecule has 67 heavy (non-hydrogen) atoms. The molecule has 0 radical (unpaired) electrons. The van der Waals surface area contributed by atoms with E-state index in [2.05, 4.69) is 236 Å². The van der Waals surface area contributed by atoms with Gasteiger partial charge in [-0.25, -0.2) is 0 Å². The van der Waals surface area contributed by atoms with Crippen LogP contribution in [0.2, 0.25) is 0 Å². The molecule has 0 N–H and O–H groups in total. The number of benzene rings is 10. The Morgan fingerprint density at radius 3 is 1.97 bits per heavy atom. The maximum absolute atomic E-state index is 6.53. The molecule has 0 spiro atoms. The van der Waals surface area contributed by atoms with Gasteiger partial charge in [-0.05, 0) is 112 Å². The largest absolute Gasteiger partial charge is 0.455 e. The molecule has 0 atom stereocenters. The van der Waals surface area contributed by atoms with Gasteiger partial charge in [0.15, 0.2) is 0 Å². The third-order valence-corrected chi connectivity index (χ3v) is 15.5. The zero-order valence-corrected chi connectivity index (χ0v) is 37.8. The molecule has 0 unspecified atom stereocenters. The lowest BCUT2D eigenvalue weighted by molar-refractivity contribution is 0.660. The van der Waals surface area contributed by atoms with Gasteiger partial charge in [0.05, 0.1) is 22.4 Å². The summed E-state index contributed by atoms with van der Waals surface area (Å²) < 4.78 is 11.4. The molecular weight excluding hydrogens is 833 g/mol. The van der Waals surface area contributed by atoms with E-state index in [1.807, 2.05) is 17.4 Å². The number of hydrogen-bond donors (Lipinski definition) is 0.